The number of aromatic nitrogens is 1. The molecule has 2 atom stereocenters. The predicted molar refractivity (Wildman–Crippen MR) is 91.4 cm³/mol. The number of carbonyl (C=O) groups is 1. The van der Waals surface area contributed by atoms with Crippen molar-refractivity contribution in [2.24, 2.45) is 5.92 Å². The van der Waals surface area contributed by atoms with Crippen LogP contribution in [0, 0.1) is 5.92 Å². The summed E-state index contributed by atoms with van der Waals surface area (Å²) in [4.78, 5) is 19.0. The fraction of sp³-hybridized carbons (Fsp3) is 0.556. The number of hydrogen-bond acceptors (Lipinski definition) is 4. The standard InChI is InChI=1S/C18H24N2O2S/c1-3-15-5-6-17(22-15)16-10-13(2)8-9-20(16)18(21)7-4-14-11-23-12-19-14/h5-6,11-13,16H,3-4,7-10H2,1-2H3/t13-,16-/m1/s1. The number of thiazole rings is 1. The van der Waals surface area contributed by atoms with Crippen LogP contribution in [0.3, 0.4) is 0 Å². The molecule has 1 fully saturated rings. The van der Waals surface area contributed by atoms with Gasteiger partial charge in [0.2, 0.25) is 5.91 Å². The molecule has 4 nitrogen and oxygen atoms in total. The Kier molecular flexibility index (Phi) is 5.16. The van der Waals surface area contributed by atoms with Gasteiger partial charge in [0.05, 0.1) is 17.2 Å². The molecule has 0 N–H and O–H groups in total. The van der Waals surface area contributed by atoms with Crippen LogP contribution in [0.4, 0.5) is 0 Å². The number of amides is 1. The number of aryl methyl sites for hydroxylation is 2. The van der Waals surface area contributed by atoms with E-state index >= 15 is 0 Å². The van der Waals surface area contributed by atoms with Crippen LogP contribution in [-0.4, -0.2) is 22.3 Å². The Balaban J connectivity index is 1.70. The summed E-state index contributed by atoms with van der Waals surface area (Å²) >= 11 is 1.58. The first-order valence-electron chi connectivity index (χ1n) is 8.42. The quantitative estimate of drug-likeness (QED) is 0.823. The van der Waals surface area contributed by atoms with Gasteiger partial charge in [-0.1, -0.05) is 13.8 Å². The van der Waals surface area contributed by atoms with E-state index in [9.17, 15) is 4.79 Å². The van der Waals surface area contributed by atoms with E-state index in [2.05, 4.69) is 18.8 Å². The van der Waals surface area contributed by atoms with Gasteiger partial charge in [-0.05, 0) is 37.3 Å². The van der Waals surface area contributed by atoms with Gasteiger partial charge in [-0.15, -0.1) is 11.3 Å². The zero-order valence-electron chi connectivity index (χ0n) is 13.8. The first-order chi connectivity index (χ1) is 11.2. The van der Waals surface area contributed by atoms with Crippen molar-refractivity contribution in [1.82, 2.24) is 9.88 Å². The largest absolute Gasteiger partial charge is 0.464 e. The summed E-state index contributed by atoms with van der Waals surface area (Å²) in [7, 11) is 0. The van der Waals surface area contributed by atoms with Gasteiger partial charge in [0.25, 0.3) is 0 Å². The second-order valence-corrected chi connectivity index (χ2v) is 7.09. The zero-order chi connectivity index (χ0) is 16.2. The molecule has 23 heavy (non-hydrogen) atoms. The van der Waals surface area contributed by atoms with Gasteiger partial charge >= 0.3 is 0 Å². The van der Waals surface area contributed by atoms with E-state index in [1.807, 2.05) is 27.9 Å². The molecule has 1 aliphatic heterocycles. The Hall–Kier alpha value is -1.62. The van der Waals surface area contributed by atoms with Crippen LogP contribution in [-0.2, 0) is 17.6 Å². The lowest BCUT2D eigenvalue weighted by atomic mass is 9.90. The van der Waals surface area contributed by atoms with Crippen LogP contribution >= 0.6 is 11.3 Å². The summed E-state index contributed by atoms with van der Waals surface area (Å²) in [6.45, 7) is 5.17. The molecule has 1 amide bonds. The molecule has 124 valence electrons. The fourth-order valence-electron chi connectivity index (χ4n) is 3.21. The number of hydrogen-bond donors (Lipinski definition) is 0. The molecule has 0 unspecified atom stereocenters. The first kappa shape index (κ1) is 16.2. The van der Waals surface area contributed by atoms with Crippen molar-refractivity contribution in [3.8, 4) is 0 Å². The van der Waals surface area contributed by atoms with Gasteiger partial charge in [-0.3, -0.25) is 4.79 Å². The summed E-state index contributed by atoms with van der Waals surface area (Å²) in [6, 6.07) is 4.16. The number of nitrogens with zero attached hydrogens (tertiary/aromatic N) is 2. The highest BCUT2D eigenvalue weighted by Crippen LogP contribution is 2.35. The molecule has 0 bridgehead atoms. The van der Waals surface area contributed by atoms with E-state index in [0.717, 1.165) is 49.4 Å². The third kappa shape index (κ3) is 3.83. The minimum absolute atomic E-state index is 0.0852. The van der Waals surface area contributed by atoms with E-state index in [-0.39, 0.29) is 11.9 Å². The Morgan fingerprint density at radius 3 is 3.04 bits per heavy atom. The monoisotopic (exact) mass is 332 g/mol. The van der Waals surface area contributed by atoms with Crippen molar-refractivity contribution < 1.29 is 9.21 Å². The Bertz CT molecular complexity index is 635. The number of carbonyl (C=O) groups excluding carboxylic acids is 1. The third-order valence-electron chi connectivity index (χ3n) is 4.62. The maximum atomic E-state index is 12.7. The van der Waals surface area contributed by atoms with Gasteiger partial charge < -0.3 is 9.32 Å². The molecule has 5 heteroatoms. The molecule has 0 aromatic carbocycles. The number of furan rings is 1. The number of piperidine rings is 1. The van der Waals surface area contributed by atoms with E-state index in [1.165, 1.54) is 0 Å². The molecular formula is C18H24N2O2S. The SMILES string of the molecule is CCc1ccc([C@H]2C[C@H](C)CCN2C(=O)CCc2cscn2)o1. The molecule has 2 aromatic rings. The Morgan fingerprint density at radius 1 is 1.48 bits per heavy atom. The molecule has 3 rings (SSSR count). The second kappa shape index (κ2) is 7.30. The Labute approximate surface area is 141 Å². The summed E-state index contributed by atoms with van der Waals surface area (Å²) in [5, 5.41) is 2.02. The summed E-state index contributed by atoms with van der Waals surface area (Å²) in [5.41, 5.74) is 2.83. The van der Waals surface area contributed by atoms with Crippen LogP contribution < -0.4 is 0 Å². The van der Waals surface area contributed by atoms with Crippen LogP contribution in [0.1, 0.15) is 56.4 Å². The molecule has 3 heterocycles. The Morgan fingerprint density at radius 2 is 2.35 bits per heavy atom. The van der Waals surface area contributed by atoms with Crippen molar-refractivity contribution >= 4 is 17.2 Å². The maximum Gasteiger partial charge on any atom is 0.223 e. The lowest BCUT2D eigenvalue weighted by Crippen LogP contribution is -2.40. The number of rotatable bonds is 5. The highest BCUT2D eigenvalue weighted by atomic mass is 32.1. The predicted octanol–water partition coefficient (Wildman–Crippen LogP) is 4.23. The highest BCUT2D eigenvalue weighted by Gasteiger charge is 2.32. The van der Waals surface area contributed by atoms with Crippen molar-refractivity contribution in [3.05, 3.63) is 40.2 Å². The minimum atomic E-state index is 0.0852. The first-order valence-corrected chi connectivity index (χ1v) is 9.36. The number of likely N-dealkylation sites (tertiary alicyclic amines) is 1. The second-order valence-electron chi connectivity index (χ2n) is 6.37. The molecule has 0 aliphatic carbocycles. The van der Waals surface area contributed by atoms with Crippen molar-refractivity contribution in [1.29, 1.82) is 0 Å². The third-order valence-corrected chi connectivity index (χ3v) is 5.26. The topological polar surface area (TPSA) is 46.3 Å². The highest BCUT2D eigenvalue weighted by molar-refractivity contribution is 7.07. The average Bonchev–Trinajstić information content (AvgIpc) is 3.23. The van der Waals surface area contributed by atoms with Crippen LogP contribution in [0.25, 0.3) is 0 Å². The lowest BCUT2D eigenvalue weighted by molar-refractivity contribution is -0.136. The summed E-state index contributed by atoms with van der Waals surface area (Å²) in [6.07, 6.45) is 4.19. The summed E-state index contributed by atoms with van der Waals surface area (Å²) in [5.74, 6) is 2.77. The average molecular weight is 332 g/mol. The molecule has 0 radical (unpaired) electrons. The zero-order valence-corrected chi connectivity index (χ0v) is 14.6. The van der Waals surface area contributed by atoms with E-state index in [1.54, 1.807) is 11.3 Å². The molecule has 0 saturated carbocycles. The van der Waals surface area contributed by atoms with Crippen LogP contribution in [0.2, 0.25) is 0 Å². The molecule has 0 spiro atoms. The van der Waals surface area contributed by atoms with Gasteiger partial charge in [0.1, 0.15) is 11.5 Å². The minimum Gasteiger partial charge on any atom is -0.464 e. The van der Waals surface area contributed by atoms with Crippen LogP contribution in [0.15, 0.2) is 27.4 Å². The normalized spacial score (nSPS) is 21.6. The van der Waals surface area contributed by atoms with Gasteiger partial charge in [-0.2, -0.15) is 0 Å². The van der Waals surface area contributed by atoms with Gasteiger partial charge in [-0.25, -0.2) is 4.98 Å². The summed E-state index contributed by atoms with van der Waals surface area (Å²) < 4.78 is 5.95. The van der Waals surface area contributed by atoms with Gasteiger partial charge in [0, 0.05) is 24.8 Å². The fourth-order valence-corrected chi connectivity index (χ4v) is 3.81. The van der Waals surface area contributed by atoms with Gasteiger partial charge in [0.15, 0.2) is 0 Å². The van der Waals surface area contributed by atoms with Crippen LogP contribution in [0.5, 0.6) is 0 Å². The van der Waals surface area contributed by atoms with Crippen molar-refractivity contribution in [2.75, 3.05) is 6.54 Å². The maximum absolute atomic E-state index is 12.7. The smallest absolute Gasteiger partial charge is 0.223 e. The van der Waals surface area contributed by atoms with E-state index in [4.69, 9.17) is 4.42 Å². The van der Waals surface area contributed by atoms with Crippen molar-refractivity contribution in [2.45, 2.75) is 52.0 Å². The van der Waals surface area contributed by atoms with Crippen molar-refractivity contribution in [3.63, 3.8) is 0 Å². The molecule has 2 aromatic heterocycles. The molecule has 1 aliphatic rings. The lowest BCUT2D eigenvalue weighted by Gasteiger charge is -2.37. The van der Waals surface area contributed by atoms with E-state index < -0.39 is 0 Å². The molecular weight excluding hydrogens is 308 g/mol. The van der Waals surface area contributed by atoms with E-state index in [0.29, 0.717) is 12.3 Å². The molecule has 1 saturated heterocycles.